The molecule has 0 aromatic heterocycles. The number of piperidine rings is 1. The highest BCUT2D eigenvalue weighted by Gasteiger charge is 2.21. The number of aliphatic hydroxyl groups excluding tert-OH is 1. The van der Waals surface area contributed by atoms with Gasteiger partial charge in [0.1, 0.15) is 12.4 Å². The number of nitrogens with zero attached hydrogens (tertiary/aromatic N) is 1. The normalized spacial score (nSPS) is 14.5. The molecule has 0 bridgehead atoms. The van der Waals surface area contributed by atoms with E-state index >= 15 is 0 Å². The third-order valence-electron chi connectivity index (χ3n) is 7.17. The summed E-state index contributed by atoms with van der Waals surface area (Å²) < 4.78 is 6.25. The standard InChI is InChI=1S/C31H38N2O3/c1-23-19-26(21-33-16-13-25(14-17-33)20-31(35)32-15-18-34)11-12-30(23)36-22-28-9-6-10-29(24(28)2)27-7-4-3-5-8-27/h3-12,19,25,34H,13-18,20-22H2,1-2H3,(H,32,35). The summed E-state index contributed by atoms with van der Waals surface area (Å²) in [5, 5.41) is 11.6. The molecule has 5 heteroatoms. The molecule has 36 heavy (non-hydrogen) atoms. The van der Waals surface area contributed by atoms with E-state index in [2.05, 4.69) is 84.7 Å². The van der Waals surface area contributed by atoms with Crippen molar-refractivity contribution in [2.75, 3.05) is 26.2 Å². The number of benzene rings is 3. The molecule has 190 valence electrons. The summed E-state index contributed by atoms with van der Waals surface area (Å²) >= 11 is 0. The summed E-state index contributed by atoms with van der Waals surface area (Å²) in [6.07, 6.45) is 2.63. The summed E-state index contributed by atoms with van der Waals surface area (Å²) in [7, 11) is 0. The van der Waals surface area contributed by atoms with Crippen molar-refractivity contribution >= 4 is 5.91 Å². The number of nitrogens with one attached hydrogen (secondary N) is 1. The van der Waals surface area contributed by atoms with E-state index in [9.17, 15) is 4.79 Å². The van der Waals surface area contributed by atoms with Gasteiger partial charge in [-0.1, -0.05) is 60.7 Å². The summed E-state index contributed by atoms with van der Waals surface area (Å²) in [6, 6.07) is 23.4. The van der Waals surface area contributed by atoms with Crippen LogP contribution in [0.4, 0.5) is 0 Å². The van der Waals surface area contributed by atoms with Crippen LogP contribution in [0.3, 0.4) is 0 Å². The number of amides is 1. The molecular formula is C31H38N2O3. The number of rotatable bonds is 10. The number of aliphatic hydroxyl groups is 1. The number of carbonyl (C=O) groups is 1. The largest absolute Gasteiger partial charge is 0.489 e. The zero-order valence-electron chi connectivity index (χ0n) is 21.5. The fourth-order valence-corrected chi connectivity index (χ4v) is 5.03. The minimum Gasteiger partial charge on any atom is -0.489 e. The van der Waals surface area contributed by atoms with Gasteiger partial charge < -0.3 is 15.2 Å². The molecule has 0 atom stereocenters. The van der Waals surface area contributed by atoms with Gasteiger partial charge in [0.25, 0.3) is 0 Å². The first-order valence-electron chi connectivity index (χ1n) is 13.0. The highest BCUT2D eigenvalue weighted by atomic mass is 16.5. The molecular weight excluding hydrogens is 448 g/mol. The van der Waals surface area contributed by atoms with Gasteiger partial charge in [-0.15, -0.1) is 0 Å². The third kappa shape index (κ3) is 6.96. The molecule has 1 heterocycles. The predicted octanol–water partition coefficient (Wildman–Crippen LogP) is 5.26. The van der Waals surface area contributed by atoms with Crippen LogP contribution in [0.2, 0.25) is 0 Å². The number of aryl methyl sites for hydroxylation is 1. The summed E-state index contributed by atoms with van der Waals surface area (Å²) in [5.74, 6) is 1.41. The summed E-state index contributed by atoms with van der Waals surface area (Å²) in [4.78, 5) is 14.4. The smallest absolute Gasteiger partial charge is 0.220 e. The Balaban J connectivity index is 1.29. The van der Waals surface area contributed by atoms with E-state index in [0.717, 1.165) is 43.8 Å². The van der Waals surface area contributed by atoms with Crippen molar-refractivity contribution in [2.24, 2.45) is 5.92 Å². The zero-order chi connectivity index (χ0) is 25.3. The maximum Gasteiger partial charge on any atom is 0.220 e. The second-order valence-electron chi connectivity index (χ2n) is 9.84. The van der Waals surface area contributed by atoms with E-state index in [1.165, 1.54) is 27.8 Å². The Kier molecular flexibility index (Phi) is 9.15. The van der Waals surface area contributed by atoms with Crippen molar-refractivity contribution in [1.82, 2.24) is 10.2 Å². The Bertz CT molecular complexity index is 1140. The third-order valence-corrected chi connectivity index (χ3v) is 7.17. The Morgan fingerprint density at radius 1 is 1.03 bits per heavy atom. The number of ether oxygens (including phenoxy) is 1. The fourth-order valence-electron chi connectivity index (χ4n) is 5.03. The van der Waals surface area contributed by atoms with Gasteiger partial charge in [0.2, 0.25) is 5.91 Å². The van der Waals surface area contributed by atoms with Crippen molar-refractivity contribution in [3.8, 4) is 16.9 Å². The van der Waals surface area contributed by atoms with Gasteiger partial charge in [0, 0.05) is 19.5 Å². The van der Waals surface area contributed by atoms with E-state index in [0.29, 0.717) is 25.5 Å². The summed E-state index contributed by atoms with van der Waals surface area (Å²) in [5.41, 5.74) is 7.38. The molecule has 3 aromatic carbocycles. The van der Waals surface area contributed by atoms with Crippen molar-refractivity contribution in [3.05, 3.63) is 89.0 Å². The van der Waals surface area contributed by atoms with Gasteiger partial charge in [-0.3, -0.25) is 9.69 Å². The van der Waals surface area contributed by atoms with E-state index in [1.54, 1.807) is 0 Å². The van der Waals surface area contributed by atoms with Crippen LogP contribution < -0.4 is 10.1 Å². The first kappa shape index (κ1) is 25.9. The minimum absolute atomic E-state index is 0.00544. The van der Waals surface area contributed by atoms with Crippen molar-refractivity contribution < 1.29 is 14.6 Å². The maximum absolute atomic E-state index is 11.9. The van der Waals surface area contributed by atoms with Gasteiger partial charge in [-0.25, -0.2) is 0 Å². The van der Waals surface area contributed by atoms with Crippen LogP contribution in [0.1, 0.15) is 41.5 Å². The van der Waals surface area contributed by atoms with Crippen LogP contribution in [0.25, 0.3) is 11.1 Å². The molecule has 0 unspecified atom stereocenters. The van der Waals surface area contributed by atoms with Crippen LogP contribution in [0.5, 0.6) is 5.75 Å². The second-order valence-corrected chi connectivity index (χ2v) is 9.84. The molecule has 1 amide bonds. The first-order chi connectivity index (χ1) is 17.5. The molecule has 1 saturated heterocycles. The Labute approximate surface area is 215 Å². The molecule has 0 radical (unpaired) electrons. The lowest BCUT2D eigenvalue weighted by atomic mass is 9.93. The lowest BCUT2D eigenvalue weighted by molar-refractivity contribution is -0.122. The van der Waals surface area contributed by atoms with Gasteiger partial charge in [-0.05, 0) is 85.1 Å². The van der Waals surface area contributed by atoms with Crippen LogP contribution in [-0.4, -0.2) is 42.2 Å². The number of hydrogen-bond acceptors (Lipinski definition) is 4. The monoisotopic (exact) mass is 486 g/mol. The lowest BCUT2D eigenvalue weighted by Gasteiger charge is -2.31. The van der Waals surface area contributed by atoms with Crippen LogP contribution in [0.15, 0.2) is 66.7 Å². The number of carbonyl (C=O) groups excluding carboxylic acids is 1. The van der Waals surface area contributed by atoms with Crippen molar-refractivity contribution in [3.63, 3.8) is 0 Å². The first-order valence-corrected chi connectivity index (χ1v) is 13.0. The van der Waals surface area contributed by atoms with Gasteiger partial charge >= 0.3 is 0 Å². The van der Waals surface area contributed by atoms with Crippen molar-refractivity contribution in [1.29, 1.82) is 0 Å². The SMILES string of the molecule is Cc1cc(CN2CCC(CC(=O)NCCO)CC2)ccc1OCc1cccc(-c2ccccc2)c1C. The molecule has 0 spiro atoms. The van der Waals surface area contributed by atoms with Crippen LogP contribution >= 0.6 is 0 Å². The van der Waals surface area contributed by atoms with E-state index in [1.807, 2.05) is 6.07 Å². The zero-order valence-corrected chi connectivity index (χ0v) is 21.5. The van der Waals surface area contributed by atoms with E-state index in [-0.39, 0.29) is 12.5 Å². The fraction of sp³-hybridized carbons (Fsp3) is 0.387. The second kappa shape index (κ2) is 12.7. The Morgan fingerprint density at radius 3 is 2.53 bits per heavy atom. The maximum atomic E-state index is 11.9. The molecule has 0 aliphatic carbocycles. The number of hydrogen-bond donors (Lipinski definition) is 2. The topological polar surface area (TPSA) is 61.8 Å². The molecule has 4 rings (SSSR count). The van der Waals surface area contributed by atoms with Gasteiger partial charge in [-0.2, -0.15) is 0 Å². The highest BCUT2D eigenvalue weighted by molar-refractivity contribution is 5.76. The van der Waals surface area contributed by atoms with Crippen molar-refractivity contribution in [2.45, 2.75) is 46.3 Å². The highest BCUT2D eigenvalue weighted by Crippen LogP contribution is 2.28. The molecule has 1 aliphatic rings. The van der Waals surface area contributed by atoms with E-state index < -0.39 is 0 Å². The molecule has 1 fully saturated rings. The molecule has 3 aromatic rings. The Morgan fingerprint density at radius 2 is 1.81 bits per heavy atom. The van der Waals surface area contributed by atoms with Gasteiger partial charge in [0.15, 0.2) is 0 Å². The predicted molar refractivity (Wildman–Crippen MR) is 145 cm³/mol. The number of likely N-dealkylation sites (tertiary alicyclic amines) is 1. The van der Waals surface area contributed by atoms with Gasteiger partial charge in [0.05, 0.1) is 6.61 Å². The quantitative estimate of drug-likeness (QED) is 0.410. The lowest BCUT2D eigenvalue weighted by Crippen LogP contribution is -2.36. The average Bonchev–Trinajstić information content (AvgIpc) is 2.89. The molecule has 2 N–H and O–H groups in total. The molecule has 1 aliphatic heterocycles. The molecule has 5 nitrogen and oxygen atoms in total. The Hall–Kier alpha value is -3.15. The van der Waals surface area contributed by atoms with Crippen LogP contribution in [-0.2, 0) is 17.9 Å². The summed E-state index contributed by atoms with van der Waals surface area (Å²) in [6.45, 7) is 8.10. The molecule has 0 saturated carbocycles. The van der Waals surface area contributed by atoms with E-state index in [4.69, 9.17) is 9.84 Å². The average molecular weight is 487 g/mol. The minimum atomic E-state index is -0.00544. The van der Waals surface area contributed by atoms with Crippen LogP contribution in [0, 0.1) is 19.8 Å².